The Bertz CT molecular complexity index is 551. The lowest BCUT2D eigenvalue weighted by atomic mass is 9.85. The van der Waals surface area contributed by atoms with Crippen LogP contribution in [0.3, 0.4) is 0 Å². The van der Waals surface area contributed by atoms with Crippen molar-refractivity contribution in [3.63, 3.8) is 0 Å². The number of aliphatic hydroxyl groups is 1. The fourth-order valence-electron chi connectivity index (χ4n) is 3.19. The van der Waals surface area contributed by atoms with E-state index in [1.54, 1.807) is 6.07 Å². The number of amides is 2. The number of urea groups is 1. The van der Waals surface area contributed by atoms with Crippen LogP contribution in [0.5, 0.6) is 0 Å². The number of carbonyl (C=O) groups excluding carboxylic acids is 1. The molecule has 1 aromatic carbocycles. The van der Waals surface area contributed by atoms with Crippen molar-refractivity contribution in [2.45, 2.75) is 44.8 Å². The fraction of sp³-hybridized carbons (Fsp3) is 0.611. The highest BCUT2D eigenvalue weighted by Gasteiger charge is 2.25. The van der Waals surface area contributed by atoms with E-state index in [2.05, 4.69) is 10.6 Å². The molecule has 1 fully saturated rings. The maximum absolute atomic E-state index is 14.0. The van der Waals surface area contributed by atoms with Gasteiger partial charge >= 0.3 is 6.03 Å². The summed E-state index contributed by atoms with van der Waals surface area (Å²) in [6, 6.07) is 4.81. The first-order valence-corrected chi connectivity index (χ1v) is 8.57. The molecule has 134 valence electrons. The van der Waals surface area contributed by atoms with Gasteiger partial charge in [-0.25, -0.2) is 9.18 Å². The first-order chi connectivity index (χ1) is 11.5. The molecule has 0 saturated heterocycles. The Morgan fingerprint density at radius 2 is 2.08 bits per heavy atom. The van der Waals surface area contributed by atoms with Crippen LogP contribution in [-0.2, 0) is 13.1 Å². The third-order valence-electron chi connectivity index (χ3n) is 4.52. The van der Waals surface area contributed by atoms with E-state index >= 15 is 0 Å². The number of aliphatic hydroxyl groups excluding tert-OH is 1. The molecule has 0 spiro atoms. The molecule has 24 heavy (non-hydrogen) atoms. The third-order valence-corrected chi connectivity index (χ3v) is 4.52. The largest absolute Gasteiger partial charge is 0.396 e. The molecule has 2 amide bonds. The summed E-state index contributed by atoms with van der Waals surface area (Å²) in [5.41, 5.74) is 1.37. The van der Waals surface area contributed by atoms with Crippen LogP contribution < -0.4 is 10.6 Å². The van der Waals surface area contributed by atoms with Crippen molar-refractivity contribution in [1.82, 2.24) is 15.5 Å². The first-order valence-electron chi connectivity index (χ1n) is 8.57. The van der Waals surface area contributed by atoms with Gasteiger partial charge in [-0.3, -0.25) is 0 Å². The molecule has 0 unspecified atom stereocenters. The minimum Gasteiger partial charge on any atom is -0.396 e. The van der Waals surface area contributed by atoms with Crippen molar-refractivity contribution in [3.8, 4) is 0 Å². The van der Waals surface area contributed by atoms with Gasteiger partial charge in [-0.1, -0.05) is 25.0 Å². The van der Waals surface area contributed by atoms with Crippen LogP contribution in [0.15, 0.2) is 18.2 Å². The maximum atomic E-state index is 14.0. The second-order valence-corrected chi connectivity index (χ2v) is 6.82. The molecule has 2 atom stereocenters. The van der Waals surface area contributed by atoms with Crippen molar-refractivity contribution in [1.29, 1.82) is 0 Å². The summed E-state index contributed by atoms with van der Waals surface area (Å²) in [6.07, 6.45) is 4.01. The number of halogens is 1. The smallest absolute Gasteiger partial charge is 0.315 e. The number of hydrogen-bond donors (Lipinski definition) is 3. The molecule has 0 aliphatic heterocycles. The highest BCUT2D eigenvalue weighted by atomic mass is 19.1. The van der Waals surface area contributed by atoms with Gasteiger partial charge in [-0.15, -0.1) is 0 Å². The molecule has 1 aliphatic rings. The molecule has 0 heterocycles. The molecule has 1 aliphatic carbocycles. The van der Waals surface area contributed by atoms with E-state index in [0.29, 0.717) is 12.1 Å². The number of nitrogens with zero attached hydrogens (tertiary/aromatic N) is 1. The highest BCUT2D eigenvalue weighted by Crippen LogP contribution is 2.23. The second-order valence-electron chi connectivity index (χ2n) is 6.82. The van der Waals surface area contributed by atoms with E-state index in [1.165, 1.54) is 6.07 Å². The molecule has 2 rings (SSSR count). The Kier molecular flexibility index (Phi) is 6.99. The van der Waals surface area contributed by atoms with Crippen molar-refractivity contribution < 1.29 is 14.3 Å². The molecule has 6 heteroatoms. The predicted octanol–water partition coefficient (Wildman–Crippen LogP) is 2.24. The van der Waals surface area contributed by atoms with Gasteiger partial charge in [0, 0.05) is 37.2 Å². The van der Waals surface area contributed by atoms with Gasteiger partial charge in [-0.2, -0.15) is 0 Å². The van der Waals surface area contributed by atoms with Crippen LogP contribution in [-0.4, -0.2) is 42.8 Å². The number of benzene rings is 1. The van der Waals surface area contributed by atoms with E-state index in [4.69, 9.17) is 0 Å². The summed E-state index contributed by atoms with van der Waals surface area (Å²) in [7, 11) is 3.79. The second kappa shape index (κ2) is 8.99. The Morgan fingerprint density at radius 3 is 2.75 bits per heavy atom. The SMILES string of the molecule is CN(C)Cc1ccc(CNC(=O)N[C@@H]2CCCC[C@H]2CO)cc1F. The van der Waals surface area contributed by atoms with Crippen LogP contribution in [0.25, 0.3) is 0 Å². The van der Waals surface area contributed by atoms with Gasteiger partial charge < -0.3 is 20.6 Å². The number of carbonyl (C=O) groups is 1. The highest BCUT2D eigenvalue weighted by molar-refractivity contribution is 5.74. The molecule has 1 aromatic rings. The fourth-order valence-corrected chi connectivity index (χ4v) is 3.19. The van der Waals surface area contributed by atoms with Gasteiger partial charge in [0.2, 0.25) is 0 Å². The van der Waals surface area contributed by atoms with Crippen molar-refractivity contribution in [3.05, 3.63) is 35.1 Å². The van der Waals surface area contributed by atoms with E-state index in [-0.39, 0.29) is 37.0 Å². The molecular weight excluding hydrogens is 309 g/mol. The Labute approximate surface area is 143 Å². The first kappa shape index (κ1) is 18.7. The Balaban J connectivity index is 1.84. The van der Waals surface area contributed by atoms with Crippen molar-refractivity contribution in [2.24, 2.45) is 5.92 Å². The normalized spacial score (nSPS) is 20.9. The summed E-state index contributed by atoms with van der Waals surface area (Å²) in [4.78, 5) is 13.9. The molecule has 0 bridgehead atoms. The van der Waals surface area contributed by atoms with E-state index in [0.717, 1.165) is 31.2 Å². The number of nitrogens with one attached hydrogen (secondary N) is 2. The Hall–Kier alpha value is -1.66. The molecule has 0 radical (unpaired) electrons. The van der Waals surface area contributed by atoms with Crippen molar-refractivity contribution in [2.75, 3.05) is 20.7 Å². The lowest BCUT2D eigenvalue weighted by Crippen LogP contribution is -2.47. The molecule has 5 nitrogen and oxygen atoms in total. The zero-order valence-corrected chi connectivity index (χ0v) is 14.5. The Morgan fingerprint density at radius 1 is 1.33 bits per heavy atom. The van der Waals surface area contributed by atoms with Crippen LogP contribution in [0.1, 0.15) is 36.8 Å². The monoisotopic (exact) mass is 337 g/mol. The molecular formula is C18H28FN3O2. The van der Waals surface area contributed by atoms with Gasteiger partial charge in [-0.05, 0) is 38.6 Å². The molecule has 3 N–H and O–H groups in total. The summed E-state index contributed by atoms with van der Waals surface area (Å²) in [6.45, 7) is 0.926. The topological polar surface area (TPSA) is 64.6 Å². The summed E-state index contributed by atoms with van der Waals surface area (Å²) in [5, 5.41) is 15.1. The summed E-state index contributed by atoms with van der Waals surface area (Å²) in [5.74, 6) is -0.122. The average Bonchev–Trinajstić information content (AvgIpc) is 2.55. The zero-order chi connectivity index (χ0) is 17.5. The van der Waals surface area contributed by atoms with Crippen LogP contribution in [0, 0.1) is 11.7 Å². The van der Waals surface area contributed by atoms with Gasteiger partial charge in [0.1, 0.15) is 5.82 Å². The van der Waals surface area contributed by atoms with Gasteiger partial charge in [0.25, 0.3) is 0 Å². The van der Waals surface area contributed by atoms with Crippen LogP contribution in [0.4, 0.5) is 9.18 Å². The minimum atomic E-state index is -0.266. The van der Waals surface area contributed by atoms with Gasteiger partial charge in [0.05, 0.1) is 0 Å². The zero-order valence-electron chi connectivity index (χ0n) is 14.5. The quantitative estimate of drug-likeness (QED) is 0.746. The summed E-state index contributed by atoms with van der Waals surface area (Å²) >= 11 is 0. The van der Waals surface area contributed by atoms with Crippen LogP contribution >= 0.6 is 0 Å². The molecule has 1 saturated carbocycles. The standard InChI is InChI=1S/C18H28FN3O2/c1-22(2)11-14-8-7-13(9-16(14)19)10-20-18(24)21-17-6-4-3-5-15(17)12-23/h7-9,15,17,23H,3-6,10-12H2,1-2H3,(H2,20,21,24)/t15-,17+/m0/s1. The third kappa shape index (κ3) is 5.46. The lowest BCUT2D eigenvalue weighted by Gasteiger charge is -2.30. The number of rotatable bonds is 6. The van der Waals surface area contributed by atoms with E-state index in [9.17, 15) is 14.3 Å². The minimum absolute atomic E-state index is 0.0166. The van der Waals surface area contributed by atoms with E-state index in [1.807, 2.05) is 25.1 Å². The van der Waals surface area contributed by atoms with Crippen LogP contribution in [0.2, 0.25) is 0 Å². The predicted molar refractivity (Wildman–Crippen MR) is 92.0 cm³/mol. The van der Waals surface area contributed by atoms with Gasteiger partial charge in [0.15, 0.2) is 0 Å². The lowest BCUT2D eigenvalue weighted by molar-refractivity contribution is 0.153. The molecule has 0 aromatic heterocycles. The number of hydrogen-bond acceptors (Lipinski definition) is 3. The van der Waals surface area contributed by atoms with E-state index < -0.39 is 0 Å². The summed E-state index contributed by atoms with van der Waals surface area (Å²) < 4.78 is 14.0. The maximum Gasteiger partial charge on any atom is 0.315 e. The average molecular weight is 337 g/mol. The van der Waals surface area contributed by atoms with Crippen molar-refractivity contribution >= 4 is 6.03 Å².